The van der Waals surface area contributed by atoms with E-state index in [1.807, 2.05) is 11.9 Å². The summed E-state index contributed by atoms with van der Waals surface area (Å²) in [5, 5.41) is 3.06. The van der Waals surface area contributed by atoms with E-state index < -0.39 is 6.23 Å². The minimum absolute atomic E-state index is 0.128. The molecule has 0 N–H and O–H groups in total. The SMILES string of the molecule is C=C1CC2C(OCCOCCOCCOCCOC)N(C)c3cc(N=O)c(OC)cc3C(=O)N2C1. The van der Waals surface area contributed by atoms with Gasteiger partial charge in [-0.25, -0.2) is 0 Å². The first-order valence-electron chi connectivity index (χ1n) is 11.6. The molecule has 11 heteroatoms. The fourth-order valence-corrected chi connectivity index (χ4v) is 4.25. The number of likely N-dealkylation sites (N-methyl/N-ethyl adjacent to an activating group) is 1. The van der Waals surface area contributed by atoms with Crippen LogP contribution >= 0.6 is 0 Å². The average molecular weight is 494 g/mol. The van der Waals surface area contributed by atoms with Crippen molar-refractivity contribution in [1.29, 1.82) is 0 Å². The summed E-state index contributed by atoms with van der Waals surface area (Å²) in [5.41, 5.74) is 2.09. The van der Waals surface area contributed by atoms with Crippen molar-refractivity contribution in [2.75, 3.05) is 85.6 Å². The fourth-order valence-electron chi connectivity index (χ4n) is 4.25. The van der Waals surface area contributed by atoms with Crippen LogP contribution in [0, 0.1) is 4.91 Å². The van der Waals surface area contributed by atoms with Crippen molar-refractivity contribution in [3.8, 4) is 5.75 Å². The molecule has 2 unspecified atom stereocenters. The highest BCUT2D eigenvalue weighted by Crippen LogP contribution is 2.41. The molecule has 0 spiro atoms. The predicted octanol–water partition coefficient (Wildman–Crippen LogP) is 2.35. The topological polar surface area (TPSA) is 108 Å². The van der Waals surface area contributed by atoms with Gasteiger partial charge in [-0.3, -0.25) is 4.79 Å². The molecule has 2 aliphatic heterocycles. The molecule has 1 saturated heterocycles. The minimum Gasteiger partial charge on any atom is -0.494 e. The summed E-state index contributed by atoms with van der Waals surface area (Å²) >= 11 is 0. The number of fused-ring (bicyclic) bond motifs is 2. The number of carbonyl (C=O) groups is 1. The third-order valence-electron chi connectivity index (χ3n) is 5.96. The van der Waals surface area contributed by atoms with E-state index in [4.69, 9.17) is 28.4 Å². The second-order valence-corrected chi connectivity index (χ2v) is 8.29. The summed E-state index contributed by atoms with van der Waals surface area (Å²) in [6.45, 7) is 8.24. The zero-order valence-corrected chi connectivity index (χ0v) is 20.7. The van der Waals surface area contributed by atoms with Crippen LogP contribution in [-0.4, -0.2) is 104 Å². The number of nitroso groups, excluding NO2 is 1. The van der Waals surface area contributed by atoms with Crippen LogP contribution in [-0.2, 0) is 23.7 Å². The van der Waals surface area contributed by atoms with Gasteiger partial charge < -0.3 is 38.2 Å². The fraction of sp³-hybridized carbons (Fsp3) is 0.625. The number of anilines is 1. The summed E-state index contributed by atoms with van der Waals surface area (Å²) < 4.78 is 32.8. The molecule has 1 aromatic rings. The number of nitrogens with zero attached hydrogens (tertiary/aromatic N) is 3. The summed E-state index contributed by atoms with van der Waals surface area (Å²) in [4.78, 5) is 28.4. The third-order valence-corrected chi connectivity index (χ3v) is 5.96. The highest BCUT2D eigenvalue weighted by molar-refractivity contribution is 6.02. The Labute approximate surface area is 205 Å². The van der Waals surface area contributed by atoms with E-state index >= 15 is 0 Å². The molecule has 1 amide bonds. The van der Waals surface area contributed by atoms with Gasteiger partial charge in [0, 0.05) is 20.7 Å². The van der Waals surface area contributed by atoms with Gasteiger partial charge in [0.15, 0.2) is 11.9 Å². The van der Waals surface area contributed by atoms with Gasteiger partial charge in [0.25, 0.3) is 5.91 Å². The molecule has 2 atom stereocenters. The van der Waals surface area contributed by atoms with E-state index in [-0.39, 0.29) is 23.4 Å². The van der Waals surface area contributed by atoms with Gasteiger partial charge in [0.2, 0.25) is 0 Å². The molecule has 3 rings (SSSR count). The minimum atomic E-state index is -0.448. The van der Waals surface area contributed by atoms with Crippen molar-refractivity contribution < 1.29 is 33.2 Å². The van der Waals surface area contributed by atoms with Crippen LogP contribution in [0.4, 0.5) is 11.4 Å². The smallest absolute Gasteiger partial charge is 0.256 e. The number of methoxy groups -OCH3 is 2. The maximum Gasteiger partial charge on any atom is 0.256 e. The molecule has 0 radical (unpaired) electrons. The number of hydrogen-bond donors (Lipinski definition) is 0. The van der Waals surface area contributed by atoms with E-state index in [1.54, 1.807) is 24.1 Å². The van der Waals surface area contributed by atoms with Crippen molar-refractivity contribution in [1.82, 2.24) is 4.90 Å². The highest BCUT2D eigenvalue weighted by atomic mass is 16.6. The normalized spacial score (nSPS) is 19.5. The van der Waals surface area contributed by atoms with Crippen molar-refractivity contribution >= 4 is 17.3 Å². The van der Waals surface area contributed by atoms with E-state index in [0.717, 1.165) is 5.57 Å². The molecule has 1 fully saturated rings. The average Bonchev–Trinajstić information content (AvgIpc) is 3.23. The van der Waals surface area contributed by atoms with Crippen molar-refractivity contribution in [2.45, 2.75) is 18.7 Å². The lowest BCUT2D eigenvalue weighted by molar-refractivity contribution is -0.0362. The van der Waals surface area contributed by atoms with Crippen LogP contribution in [0.15, 0.2) is 29.5 Å². The molecular weight excluding hydrogens is 458 g/mol. The van der Waals surface area contributed by atoms with Crippen molar-refractivity contribution in [3.05, 3.63) is 34.8 Å². The standard InChI is InChI=1S/C24H35N3O8/c1-17-13-21-24(35-12-11-34-10-9-33-8-7-32-6-5-30-3)26(2)20-15-19(25-29)22(31-4)14-18(20)23(28)27(21)16-17/h14-15,21,24H,1,5-13,16H2,2-4H3. The van der Waals surface area contributed by atoms with Gasteiger partial charge in [-0.15, -0.1) is 4.91 Å². The van der Waals surface area contributed by atoms with Gasteiger partial charge in [-0.2, -0.15) is 0 Å². The Morgan fingerprint density at radius 1 is 1.00 bits per heavy atom. The van der Waals surface area contributed by atoms with Crippen LogP contribution in [0.5, 0.6) is 5.75 Å². The van der Waals surface area contributed by atoms with Crippen molar-refractivity contribution in [2.24, 2.45) is 5.18 Å². The molecule has 1 aromatic carbocycles. The Morgan fingerprint density at radius 2 is 1.63 bits per heavy atom. The Kier molecular flexibility index (Phi) is 10.4. The Balaban J connectivity index is 1.55. The molecule has 0 aliphatic carbocycles. The Hall–Kier alpha value is -2.57. The van der Waals surface area contributed by atoms with Crippen LogP contribution in [0.1, 0.15) is 16.8 Å². The highest BCUT2D eigenvalue weighted by Gasteiger charge is 2.44. The largest absolute Gasteiger partial charge is 0.494 e. The monoisotopic (exact) mass is 493 g/mol. The predicted molar refractivity (Wildman–Crippen MR) is 130 cm³/mol. The molecule has 194 valence electrons. The lowest BCUT2D eigenvalue weighted by Crippen LogP contribution is -2.49. The Bertz CT molecular complexity index is 881. The molecule has 2 aliphatic rings. The first kappa shape index (κ1) is 27.0. The van der Waals surface area contributed by atoms with Gasteiger partial charge in [-0.05, 0) is 23.7 Å². The molecule has 35 heavy (non-hydrogen) atoms. The number of benzene rings is 1. The van der Waals surface area contributed by atoms with Gasteiger partial charge in [0.05, 0.1) is 77.3 Å². The number of amides is 1. The first-order chi connectivity index (χ1) is 17.0. The molecule has 2 heterocycles. The van der Waals surface area contributed by atoms with Crippen LogP contribution in [0.2, 0.25) is 0 Å². The van der Waals surface area contributed by atoms with Gasteiger partial charge in [-0.1, -0.05) is 12.2 Å². The van der Waals surface area contributed by atoms with E-state index in [2.05, 4.69) is 11.8 Å². The van der Waals surface area contributed by atoms with E-state index in [0.29, 0.717) is 77.1 Å². The molecule has 0 saturated carbocycles. The van der Waals surface area contributed by atoms with Crippen LogP contribution in [0.3, 0.4) is 0 Å². The maximum absolute atomic E-state index is 13.4. The van der Waals surface area contributed by atoms with Gasteiger partial charge >= 0.3 is 0 Å². The van der Waals surface area contributed by atoms with Crippen LogP contribution in [0.25, 0.3) is 0 Å². The van der Waals surface area contributed by atoms with Crippen LogP contribution < -0.4 is 9.64 Å². The van der Waals surface area contributed by atoms with Gasteiger partial charge in [0.1, 0.15) is 5.75 Å². The number of ether oxygens (including phenoxy) is 6. The summed E-state index contributed by atoms with van der Waals surface area (Å²) in [6, 6.07) is 2.92. The maximum atomic E-state index is 13.4. The molecular formula is C24H35N3O8. The lowest BCUT2D eigenvalue weighted by atomic mass is 10.1. The van der Waals surface area contributed by atoms with Crippen molar-refractivity contribution in [3.63, 3.8) is 0 Å². The zero-order valence-electron chi connectivity index (χ0n) is 20.7. The summed E-state index contributed by atoms with van der Waals surface area (Å²) in [6.07, 6.45) is 0.183. The zero-order chi connectivity index (χ0) is 25.2. The second kappa shape index (κ2) is 13.5. The molecule has 0 bridgehead atoms. The number of rotatable bonds is 15. The summed E-state index contributed by atoms with van der Waals surface area (Å²) in [5.74, 6) is 0.101. The van der Waals surface area contributed by atoms with E-state index in [1.165, 1.54) is 7.11 Å². The number of hydrogen-bond acceptors (Lipinski definition) is 10. The lowest BCUT2D eigenvalue weighted by Gasteiger charge is -2.34. The first-order valence-corrected chi connectivity index (χ1v) is 11.6. The second-order valence-electron chi connectivity index (χ2n) is 8.29. The number of carbonyl (C=O) groups excluding carboxylic acids is 1. The Morgan fingerprint density at radius 3 is 2.23 bits per heavy atom. The quantitative estimate of drug-likeness (QED) is 0.207. The van der Waals surface area contributed by atoms with E-state index in [9.17, 15) is 9.70 Å². The molecule has 0 aromatic heterocycles. The summed E-state index contributed by atoms with van der Waals surface area (Å²) in [7, 11) is 4.91. The molecule has 11 nitrogen and oxygen atoms in total. The third kappa shape index (κ3) is 6.77.